The van der Waals surface area contributed by atoms with Crippen LogP contribution in [0.3, 0.4) is 0 Å². The largest absolute Gasteiger partial charge is 0.500 e. The molecule has 37 heavy (non-hydrogen) atoms. The fraction of sp³-hybridized carbons (Fsp3) is 0.538. The Labute approximate surface area is 219 Å². The van der Waals surface area contributed by atoms with Crippen molar-refractivity contribution in [2.24, 2.45) is 0 Å². The molecule has 1 aliphatic rings. The van der Waals surface area contributed by atoms with Crippen molar-refractivity contribution in [2.75, 3.05) is 58.5 Å². The molecule has 1 atom stereocenters. The molecular formula is C26H39N3O7Si. The average Bonchev–Trinajstić information content (AvgIpc) is 2.87. The van der Waals surface area contributed by atoms with E-state index in [9.17, 15) is 14.7 Å². The number of aliphatic hydroxyl groups is 1. The number of carbonyl (C=O) groups is 2. The summed E-state index contributed by atoms with van der Waals surface area (Å²) in [6, 6.07) is 9.91. The van der Waals surface area contributed by atoms with Gasteiger partial charge in [-0.1, -0.05) is 18.2 Å². The summed E-state index contributed by atoms with van der Waals surface area (Å²) in [6.07, 6.45) is -1.10. The summed E-state index contributed by atoms with van der Waals surface area (Å²) < 4.78 is 22.7. The highest BCUT2D eigenvalue weighted by Crippen LogP contribution is 2.39. The van der Waals surface area contributed by atoms with Crippen molar-refractivity contribution < 1.29 is 32.7 Å². The summed E-state index contributed by atoms with van der Waals surface area (Å²) in [6.45, 7) is 7.59. The van der Waals surface area contributed by atoms with Gasteiger partial charge in [-0.25, -0.2) is 4.79 Å². The monoisotopic (exact) mass is 533 g/mol. The maximum absolute atomic E-state index is 13.2. The van der Waals surface area contributed by atoms with Gasteiger partial charge in [0.05, 0.1) is 6.54 Å². The summed E-state index contributed by atoms with van der Waals surface area (Å²) in [5.41, 5.74) is 2.15. The van der Waals surface area contributed by atoms with E-state index in [1.807, 2.05) is 64.0 Å². The lowest BCUT2D eigenvalue weighted by atomic mass is 9.92. The van der Waals surface area contributed by atoms with E-state index in [0.29, 0.717) is 50.0 Å². The fourth-order valence-corrected chi connectivity index (χ4v) is 7.26. The number of anilines is 1. The van der Waals surface area contributed by atoms with Crippen LogP contribution in [-0.2, 0) is 18.0 Å². The van der Waals surface area contributed by atoms with E-state index in [4.69, 9.17) is 18.0 Å². The molecule has 204 valence electrons. The van der Waals surface area contributed by atoms with Crippen molar-refractivity contribution >= 4 is 37.3 Å². The van der Waals surface area contributed by atoms with Gasteiger partial charge in [-0.15, -0.1) is 0 Å². The number of carbonyl (C=O) groups excluding carboxylic acids is 2. The van der Waals surface area contributed by atoms with Crippen LogP contribution in [0.1, 0.15) is 49.3 Å². The Morgan fingerprint density at radius 1 is 1.08 bits per heavy atom. The van der Waals surface area contributed by atoms with Crippen molar-refractivity contribution in [3.05, 3.63) is 41.5 Å². The predicted molar refractivity (Wildman–Crippen MR) is 144 cm³/mol. The number of alkyl carbamates (subject to hydrolysis) is 1. The lowest BCUT2D eigenvalue weighted by Crippen LogP contribution is -2.46. The third kappa shape index (κ3) is 6.60. The Morgan fingerprint density at radius 2 is 1.76 bits per heavy atom. The molecule has 11 heteroatoms. The molecule has 3 rings (SSSR count). The van der Waals surface area contributed by atoms with Crippen LogP contribution in [0, 0.1) is 0 Å². The number of hydrogen-bond donors (Lipinski definition) is 2. The van der Waals surface area contributed by atoms with Crippen LogP contribution < -0.4 is 10.2 Å². The quantitative estimate of drug-likeness (QED) is 0.280. The zero-order valence-corrected chi connectivity index (χ0v) is 23.4. The minimum Gasteiger partial charge on any atom is -0.448 e. The first kappa shape index (κ1) is 28.9. The summed E-state index contributed by atoms with van der Waals surface area (Å²) in [5, 5.41) is 15.4. The molecule has 0 radical (unpaired) electrons. The van der Waals surface area contributed by atoms with Gasteiger partial charge in [-0.05, 0) is 39.3 Å². The molecule has 0 spiro atoms. The average molecular weight is 534 g/mol. The molecule has 10 nitrogen and oxygen atoms in total. The molecule has 0 fully saturated rings. The number of aliphatic hydroxyl groups excluding tert-OH is 1. The van der Waals surface area contributed by atoms with Crippen LogP contribution in [0.25, 0.3) is 10.8 Å². The first-order valence-corrected chi connectivity index (χ1v) is 14.8. The van der Waals surface area contributed by atoms with E-state index < -0.39 is 21.1 Å². The maximum Gasteiger partial charge on any atom is 0.500 e. The minimum atomic E-state index is -2.76. The van der Waals surface area contributed by atoms with E-state index in [1.165, 1.54) is 4.90 Å². The molecule has 0 saturated heterocycles. The van der Waals surface area contributed by atoms with E-state index in [2.05, 4.69) is 5.32 Å². The highest BCUT2D eigenvalue weighted by Gasteiger charge is 2.39. The first-order valence-electron chi connectivity index (χ1n) is 12.8. The second-order valence-corrected chi connectivity index (χ2v) is 11.5. The highest BCUT2D eigenvalue weighted by molar-refractivity contribution is 6.60. The molecule has 0 saturated carbocycles. The first-order chi connectivity index (χ1) is 17.8. The maximum atomic E-state index is 13.2. The molecule has 2 N–H and O–H groups in total. The van der Waals surface area contributed by atoms with Crippen molar-refractivity contribution in [2.45, 2.75) is 39.5 Å². The van der Waals surface area contributed by atoms with Gasteiger partial charge >= 0.3 is 14.9 Å². The van der Waals surface area contributed by atoms with Crippen LogP contribution >= 0.6 is 0 Å². The topological polar surface area (TPSA) is 110 Å². The molecule has 0 bridgehead atoms. The molecule has 1 unspecified atom stereocenters. The second-order valence-electron chi connectivity index (χ2n) is 8.82. The van der Waals surface area contributed by atoms with Crippen LogP contribution in [0.15, 0.2) is 30.3 Å². The van der Waals surface area contributed by atoms with Crippen molar-refractivity contribution in [1.82, 2.24) is 10.2 Å². The SMILES string of the molecule is CCO[Si](CCCNC(=O)OCCN1C(=O)c2ccc(N(C)C)c3cccc(c23)C1O)(OCC)OCC. The fourth-order valence-electron chi connectivity index (χ4n) is 4.64. The van der Waals surface area contributed by atoms with Gasteiger partial charge < -0.3 is 38.2 Å². The van der Waals surface area contributed by atoms with Crippen molar-refractivity contribution in [1.29, 1.82) is 0 Å². The van der Waals surface area contributed by atoms with Gasteiger partial charge in [0.25, 0.3) is 5.91 Å². The summed E-state index contributed by atoms with van der Waals surface area (Å²) in [5.74, 6) is -0.297. The summed E-state index contributed by atoms with van der Waals surface area (Å²) in [7, 11) is 1.12. The van der Waals surface area contributed by atoms with Crippen LogP contribution in [0.2, 0.25) is 6.04 Å². The lowest BCUT2D eigenvalue weighted by molar-refractivity contribution is -0.00316. The molecule has 2 aromatic rings. The third-order valence-corrected chi connectivity index (χ3v) is 9.33. The normalized spacial score (nSPS) is 15.2. The molecule has 2 aromatic carbocycles. The lowest BCUT2D eigenvalue weighted by Gasteiger charge is -2.34. The van der Waals surface area contributed by atoms with E-state index >= 15 is 0 Å². The van der Waals surface area contributed by atoms with Gasteiger partial charge in [0, 0.05) is 74.1 Å². The predicted octanol–water partition coefficient (Wildman–Crippen LogP) is 3.52. The molecule has 2 amide bonds. The number of ether oxygens (including phenoxy) is 1. The highest BCUT2D eigenvalue weighted by atomic mass is 28.4. The molecule has 1 heterocycles. The van der Waals surface area contributed by atoms with Crippen molar-refractivity contribution in [3.63, 3.8) is 0 Å². The van der Waals surface area contributed by atoms with E-state index in [0.717, 1.165) is 16.5 Å². The smallest absolute Gasteiger partial charge is 0.448 e. The number of hydrogen-bond acceptors (Lipinski definition) is 8. The zero-order valence-electron chi connectivity index (χ0n) is 22.4. The van der Waals surface area contributed by atoms with Gasteiger partial charge in [0.15, 0.2) is 6.23 Å². The van der Waals surface area contributed by atoms with Crippen molar-refractivity contribution in [3.8, 4) is 0 Å². The van der Waals surface area contributed by atoms with Crippen LogP contribution in [0.5, 0.6) is 0 Å². The van der Waals surface area contributed by atoms with Crippen LogP contribution in [0.4, 0.5) is 10.5 Å². The Kier molecular flexibility index (Phi) is 10.3. The van der Waals surface area contributed by atoms with Gasteiger partial charge in [0.2, 0.25) is 0 Å². The molecule has 1 aliphatic heterocycles. The van der Waals surface area contributed by atoms with E-state index in [1.54, 1.807) is 6.07 Å². The van der Waals surface area contributed by atoms with Gasteiger partial charge in [0.1, 0.15) is 6.61 Å². The van der Waals surface area contributed by atoms with Crippen LogP contribution in [-0.4, -0.2) is 84.4 Å². The third-order valence-electron chi connectivity index (χ3n) is 6.18. The molecule has 0 aromatic heterocycles. The van der Waals surface area contributed by atoms with E-state index in [-0.39, 0.29) is 19.1 Å². The number of nitrogens with zero attached hydrogens (tertiary/aromatic N) is 2. The summed E-state index contributed by atoms with van der Waals surface area (Å²) in [4.78, 5) is 28.7. The van der Waals surface area contributed by atoms with Gasteiger partial charge in [-0.3, -0.25) is 4.79 Å². The molecular weight excluding hydrogens is 494 g/mol. The summed E-state index contributed by atoms with van der Waals surface area (Å²) >= 11 is 0. The number of amides is 2. The molecule has 0 aliphatic carbocycles. The van der Waals surface area contributed by atoms with Gasteiger partial charge in [-0.2, -0.15) is 0 Å². The minimum absolute atomic E-state index is 0.0503. The second kappa shape index (κ2) is 13.2. The number of nitrogens with one attached hydrogen (secondary N) is 1. The number of rotatable bonds is 14. The standard InChI is InChI=1S/C26H39N3O7Si/c1-6-34-37(35-7-2,36-8-3)18-10-15-27-26(32)33-17-16-29-24(30)20-12-9-11-19-22(28(4)5)14-13-21(23(19)20)25(29)31/h9,11-14,24,30H,6-8,10,15-18H2,1-5H3,(H,27,32). The number of benzene rings is 2. The Bertz CT molecular complexity index is 1060. The Balaban J connectivity index is 1.53. The Morgan fingerprint density at radius 3 is 2.38 bits per heavy atom. The Hall–Kier alpha value is -2.70. The zero-order chi connectivity index (χ0) is 27.0.